The second kappa shape index (κ2) is 8.74. The van der Waals surface area contributed by atoms with Crippen LogP contribution in [0.1, 0.15) is 30.9 Å². The minimum absolute atomic E-state index is 0.225. The molecule has 1 aromatic rings. The quantitative estimate of drug-likeness (QED) is 0.630. The average molecular weight is 345 g/mol. The molecule has 1 heterocycles. The smallest absolute Gasteiger partial charge is 0.222 e. The largest absolute Gasteiger partial charge is 0.377 e. The van der Waals surface area contributed by atoms with E-state index in [-0.39, 0.29) is 11.9 Å². The second-order valence-corrected chi connectivity index (χ2v) is 6.78. The normalized spacial score (nSPS) is 17.6. The van der Waals surface area contributed by atoms with Gasteiger partial charge in [0.25, 0.3) is 0 Å². The summed E-state index contributed by atoms with van der Waals surface area (Å²) in [7, 11) is 5.90. The van der Waals surface area contributed by atoms with Crippen LogP contribution >= 0.6 is 0 Å². The Morgan fingerprint density at radius 3 is 2.80 bits per heavy atom. The third-order valence-electron chi connectivity index (χ3n) is 4.58. The van der Waals surface area contributed by atoms with Gasteiger partial charge >= 0.3 is 0 Å². The number of hydrogen-bond acceptors (Lipinski definition) is 3. The van der Waals surface area contributed by atoms with Crippen LogP contribution in [0.2, 0.25) is 0 Å². The second-order valence-electron chi connectivity index (χ2n) is 6.78. The molecule has 1 aromatic carbocycles. The molecule has 138 valence electrons. The number of hydrogen-bond donors (Lipinski definition) is 2. The number of carbonyl (C=O) groups excluding carboxylic acids is 1. The van der Waals surface area contributed by atoms with Crippen molar-refractivity contribution in [1.29, 1.82) is 0 Å². The van der Waals surface area contributed by atoms with Gasteiger partial charge in [-0.25, -0.2) is 0 Å². The fourth-order valence-corrected chi connectivity index (χ4v) is 3.13. The Labute approximate surface area is 151 Å². The van der Waals surface area contributed by atoms with Crippen molar-refractivity contribution in [3.8, 4) is 0 Å². The van der Waals surface area contributed by atoms with Crippen LogP contribution in [0.5, 0.6) is 0 Å². The van der Waals surface area contributed by atoms with Gasteiger partial charge in [0.2, 0.25) is 5.91 Å². The van der Waals surface area contributed by atoms with E-state index in [4.69, 9.17) is 0 Å². The molecule has 1 amide bonds. The highest BCUT2D eigenvalue weighted by molar-refractivity contribution is 5.80. The summed E-state index contributed by atoms with van der Waals surface area (Å²) in [6.07, 6.45) is 1.53. The van der Waals surface area contributed by atoms with Crippen molar-refractivity contribution in [3.63, 3.8) is 0 Å². The molecule has 1 saturated heterocycles. The van der Waals surface area contributed by atoms with E-state index in [9.17, 15) is 4.79 Å². The standard InChI is InChI=1S/C19H31N5O/c1-6-18(25)24-10-9-16(13-24)22-19(20-3)21-12-15-8-7-14(2)11-17(15)23(4)5/h7-8,11,16H,6,9-10,12-13H2,1-5H3,(H2,20,21,22). The molecule has 2 rings (SSSR count). The van der Waals surface area contributed by atoms with E-state index in [1.54, 1.807) is 7.05 Å². The van der Waals surface area contributed by atoms with Gasteiger partial charge in [-0.3, -0.25) is 9.79 Å². The van der Waals surface area contributed by atoms with Crippen LogP contribution in [0.4, 0.5) is 5.69 Å². The number of nitrogens with one attached hydrogen (secondary N) is 2. The number of benzene rings is 1. The maximum Gasteiger partial charge on any atom is 0.222 e. The number of aliphatic imine (C=N–C) groups is 1. The maximum atomic E-state index is 11.8. The predicted molar refractivity (Wildman–Crippen MR) is 104 cm³/mol. The van der Waals surface area contributed by atoms with Crippen molar-refractivity contribution in [2.75, 3.05) is 39.1 Å². The maximum absolute atomic E-state index is 11.8. The third kappa shape index (κ3) is 5.11. The zero-order valence-electron chi connectivity index (χ0n) is 16.1. The molecule has 25 heavy (non-hydrogen) atoms. The lowest BCUT2D eigenvalue weighted by Gasteiger charge is -2.21. The van der Waals surface area contributed by atoms with Gasteiger partial charge in [0.1, 0.15) is 0 Å². The highest BCUT2D eigenvalue weighted by Gasteiger charge is 2.25. The molecule has 0 saturated carbocycles. The Kier molecular flexibility index (Phi) is 6.67. The fraction of sp³-hybridized carbons (Fsp3) is 0.579. The van der Waals surface area contributed by atoms with Crippen LogP contribution in [-0.4, -0.2) is 57.0 Å². The third-order valence-corrected chi connectivity index (χ3v) is 4.58. The van der Waals surface area contributed by atoms with Gasteiger partial charge in [-0.1, -0.05) is 19.1 Å². The van der Waals surface area contributed by atoms with E-state index in [0.717, 1.165) is 25.5 Å². The predicted octanol–water partition coefficient (Wildman–Crippen LogP) is 1.74. The van der Waals surface area contributed by atoms with Crippen molar-refractivity contribution in [2.45, 2.75) is 39.3 Å². The summed E-state index contributed by atoms with van der Waals surface area (Å²) in [6, 6.07) is 6.74. The lowest BCUT2D eigenvalue weighted by atomic mass is 10.1. The summed E-state index contributed by atoms with van der Waals surface area (Å²) in [5.74, 6) is 1.00. The number of anilines is 1. The van der Waals surface area contributed by atoms with Crippen molar-refractivity contribution in [3.05, 3.63) is 29.3 Å². The Morgan fingerprint density at radius 2 is 2.16 bits per heavy atom. The zero-order valence-corrected chi connectivity index (χ0v) is 16.1. The van der Waals surface area contributed by atoms with Crippen LogP contribution < -0.4 is 15.5 Å². The minimum atomic E-state index is 0.225. The highest BCUT2D eigenvalue weighted by atomic mass is 16.2. The molecule has 0 aliphatic carbocycles. The zero-order chi connectivity index (χ0) is 18.4. The number of carbonyl (C=O) groups is 1. The molecule has 1 atom stereocenters. The molecule has 0 aromatic heterocycles. The fourth-order valence-electron chi connectivity index (χ4n) is 3.13. The topological polar surface area (TPSA) is 60.0 Å². The van der Waals surface area contributed by atoms with Crippen molar-refractivity contribution in [1.82, 2.24) is 15.5 Å². The van der Waals surface area contributed by atoms with E-state index in [1.807, 2.05) is 11.8 Å². The first-order valence-corrected chi connectivity index (χ1v) is 8.96. The van der Waals surface area contributed by atoms with Crippen LogP contribution in [-0.2, 0) is 11.3 Å². The highest BCUT2D eigenvalue weighted by Crippen LogP contribution is 2.20. The molecule has 1 aliphatic rings. The SMILES string of the molecule is CCC(=O)N1CCC(NC(=NC)NCc2ccc(C)cc2N(C)C)C1. The van der Waals surface area contributed by atoms with Gasteiger partial charge in [0.15, 0.2) is 5.96 Å². The summed E-state index contributed by atoms with van der Waals surface area (Å²) in [5, 5.41) is 6.83. The molecule has 6 heteroatoms. The van der Waals surface area contributed by atoms with Crippen molar-refractivity contribution < 1.29 is 4.79 Å². The van der Waals surface area contributed by atoms with Gasteiger partial charge in [-0.2, -0.15) is 0 Å². The van der Waals surface area contributed by atoms with E-state index < -0.39 is 0 Å². The summed E-state index contributed by atoms with van der Waals surface area (Å²) >= 11 is 0. The molecular formula is C19H31N5O. The van der Waals surface area contributed by atoms with Crippen LogP contribution in [0.15, 0.2) is 23.2 Å². The molecule has 1 unspecified atom stereocenters. The lowest BCUT2D eigenvalue weighted by Crippen LogP contribution is -2.44. The van der Waals surface area contributed by atoms with E-state index in [1.165, 1.54) is 16.8 Å². The number of likely N-dealkylation sites (tertiary alicyclic amines) is 1. The first-order chi connectivity index (χ1) is 11.9. The number of rotatable bonds is 5. The Morgan fingerprint density at radius 1 is 1.40 bits per heavy atom. The lowest BCUT2D eigenvalue weighted by molar-refractivity contribution is -0.129. The van der Waals surface area contributed by atoms with Gasteiger partial charge in [0, 0.05) is 58.9 Å². The first-order valence-electron chi connectivity index (χ1n) is 8.96. The Hall–Kier alpha value is -2.24. The summed E-state index contributed by atoms with van der Waals surface area (Å²) < 4.78 is 0. The van der Waals surface area contributed by atoms with E-state index >= 15 is 0 Å². The molecule has 6 nitrogen and oxygen atoms in total. The monoisotopic (exact) mass is 345 g/mol. The molecule has 0 radical (unpaired) electrons. The Bertz CT molecular complexity index is 626. The summed E-state index contributed by atoms with van der Waals surface area (Å²) in [4.78, 5) is 20.2. The van der Waals surface area contributed by atoms with Gasteiger partial charge < -0.3 is 20.4 Å². The molecule has 1 fully saturated rings. The molecule has 0 spiro atoms. The number of aryl methyl sites for hydroxylation is 1. The molecule has 2 N–H and O–H groups in total. The average Bonchev–Trinajstić information content (AvgIpc) is 3.07. The van der Waals surface area contributed by atoms with Crippen LogP contribution in [0.25, 0.3) is 0 Å². The first kappa shape index (κ1) is 19.1. The molecule has 0 bridgehead atoms. The van der Waals surface area contributed by atoms with Gasteiger partial charge in [0.05, 0.1) is 0 Å². The molecule has 1 aliphatic heterocycles. The number of nitrogens with zero attached hydrogens (tertiary/aromatic N) is 3. The Balaban J connectivity index is 1.93. The number of amides is 1. The van der Waals surface area contributed by atoms with Crippen LogP contribution in [0.3, 0.4) is 0 Å². The minimum Gasteiger partial charge on any atom is -0.377 e. The van der Waals surface area contributed by atoms with E-state index in [0.29, 0.717) is 13.0 Å². The van der Waals surface area contributed by atoms with Crippen LogP contribution in [0, 0.1) is 6.92 Å². The van der Waals surface area contributed by atoms with Crippen molar-refractivity contribution in [2.24, 2.45) is 4.99 Å². The van der Waals surface area contributed by atoms with Gasteiger partial charge in [-0.05, 0) is 30.5 Å². The van der Waals surface area contributed by atoms with Gasteiger partial charge in [-0.15, -0.1) is 0 Å². The van der Waals surface area contributed by atoms with E-state index in [2.05, 4.69) is 59.7 Å². The van der Waals surface area contributed by atoms with Crippen molar-refractivity contribution >= 4 is 17.6 Å². The summed E-state index contributed by atoms with van der Waals surface area (Å²) in [6.45, 7) is 6.30. The molecular weight excluding hydrogens is 314 g/mol. The summed E-state index contributed by atoms with van der Waals surface area (Å²) in [5.41, 5.74) is 3.69. The number of guanidine groups is 1.